The van der Waals surface area contributed by atoms with Gasteiger partial charge in [-0.15, -0.1) is 0 Å². The number of ether oxygens (including phenoxy) is 1. The molecule has 0 saturated carbocycles. The third kappa shape index (κ3) is 4.67. The second-order valence-electron chi connectivity index (χ2n) is 6.92. The zero-order valence-corrected chi connectivity index (χ0v) is 16.3. The number of alkyl halides is 3. The molecule has 1 heterocycles. The second kappa shape index (κ2) is 8.13. The highest BCUT2D eigenvalue weighted by Gasteiger charge is 2.31. The molecule has 2 aromatic rings. The van der Waals surface area contributed by atoms with Gasteiger partial charge < -0.3 is 4.74 Å². The van der Waals surface area contributed by atoms with Crippen molar-refractivity contribution in [2.45, 2.75) is 30.3 Å². The van der Waals surface area contributed by atoms with Crippen LogP contribution in [0.15, 0.2) is 53.4 Å². The lowest BCUT2D eigenvalue weighted by molar-refractivity contribution is -0.137. The summed E-state index contributed by atoms with van der Waals surface area (Å²) in [6.45, 7) is 0.805. The molecule has 3 rings (SSSR count). The highest BCUT2D eigenvalue weighted by molar-refractivity contribution is 7.89. The highest BCUT2D eigenvalue weighted by Crippen LogP contribution is 2.31. The average Bonchev–Trinajstić information content (AvgIpc) is 2.68. The fourth-order valence-corrected chi connectivity index (χ4v) is 4.88. The maximum absolute atomic E-state index is 12.8. The van der Waals surface area contributed by atoms with Gasteiger partial charge in [-0.2, -0.15) is 17.5 Å². The van der Waals surface area contributed by atoms with Crippen molar-refractivity contribution in [1.82, 2.24) is 4.31 Å². The molecule has 2 aromatic carbocycles. The first-order chi connectivity index (χ1) is 13.2. The van der Waals surface area contributed by atoms with Crippen molar-refractivity contribution in [3.63, 3.8) is 0 Å². The van der Waals surface area contributed by atoms with Crippen LogP contribution in [-0.4, -0.2) is 32.9 Å². The summed E-state index contributed by atoms with van der Waals surface area (Å²) in [7, 11) is -2.03. The molecule has 8 heteroatoms. The number of benzene rings is 2. The Kier molecular flexibility index (Phi) is 6.00. The molecule has 0 radical (unpaired) electrons. The molecule has 0 bridgehead atoms. The lowest BCUT2D eigenvalue weighted by Gasteiger charge is -2.31. The summed E-state index contributed by atoms with van der Waals surface area (Å²) in [6, 6.07) is 11.5. The fourth-order valence-electron chi connectivity index (χ4n) is 3.41. The minimum Gasteiger partial charge on any atom is -0.497 e. The quantitative estimate of drug-likeness (QED) is 0.732. The number of nitrogens with zero attached hydrogens (tertiary/aromatic N) is 1. The van der Waals surface area contributed by atoms with E-state index in [1.807, 2.05) is 0 Å². The van der Waals surface area contributed by atoms with Crippen molar-refractivity contribution in [2.75, 3.05) is 20.2 Å². The summed E-state index contributed by atoms with van der Waals surface area (Å²) in [6.07, 6.45) is -2.33. The lowest BCUT2D eigenvalue weighted by atomic mass is 9.91. The molecule has 0 N–H and O–H groups in total. The van der Waals surface area contributed by atoms with Crippen molar-refractivity contribution in [2.24, 2.45) is 5.92 Å². The van der Waals surface area contributed by atoms with Crippen LogP contribution in [0.25, 0.3) is 0 Å². The van der Waals surface area contributed by atoms with E-state index in [-0.39, 0.29) is 10.8 Å². The smallest absolute Gasteiger partial charge is 0.416 e. The predicted molar refractivity (Wildman–Crippen MR) is 99.6 cm³/mol. The van der Waals surface area contributed by atoms with Gasteiger partial charge in [0, 0.05) is 13.1 Å². The minimum absolute atomic E-state index is 0.231. The summed E-state index contributed by atoms with van der Waals surface area (Å²) >= 11 is 0. The largest absolute Gasteiger partial charge is 0.497 e. The Balaban J connectivity index is 1.59. The molecular weight excluding hydrogens is 391 g/mol. The monoisotopic (exact) mass is 413 g/mol. The number of halogens is 3. The standard InChI is InChI=1S/C20H22F3NO3S/c1-27-18-6-8-19(9-7-18)28(25,26)24-12-10-16(11-13-24)14-15-2-4-17(5-3-15)20(21,22)23/h2-9,16H,10-14H2,1H3. The van der Waals surface area contributed by atoms with Crippen molar-refractivity contribution < 1.29 is 26.3 Å². The van der Waals surface area contributed by atoms with Gasteiger partial charge in [0.05, 0.1) is 17.6 Å². The molecule has 152 valence electrons. The van der Waals surface area contributed by atoms with E-state index in [0.29, 0.717) is 38.1 Å². The lowest BCUT2D eigenvalue weighted by Crippen LogP contribution is -2.38. The van der Waals surface area contributed by atoms with Crippen molar-refractivity contribution >= 4 is 10.0 Å². The van der Waals surface area contributed by atoms with Crippen LogP contribution in [0, 0.1) is 5.92 Å². The Bertz CT molecular complexity index is 886. The van der Waals surface area contributed by atoms with E-state index in [4.69, 9.17) is 4.74 Å². The third-order valence-corrected chi connectivity index (χ3v) is 6.99. The van der Waals surface area contributed by atoms with Gasteiger partial charge in [-0.05, 0) is 67.1 Å². The summed E-state index contributed by atoms with van der Waals surface area (Å²) in [5, 5.41) is 0. The van der Waals surface area contributed by atoms with Crippen LogP contribution >= 0.6 is 0 Å². The molecule has 4 nitrogen and oxygen atoms in total. The van der Waals surface area contributed by atoms with E-state index in [9.17, 15) is 21.6 Å². The van der Waals surface area contributed by atoms with Crippen LogP contribution in [0.3, 0.4) is 0 Å². The second-order valence-corrected chi connectivity index (χ2v) is 8.86. The van der Waals surface area contributed by atoms with Gasteiger partial charge in [-0.25, -0.2) is 8.42 Å². The Labute approximate surface area is 163 Å². The van der Waals surface area contributed by atoms with Crippen molar-refractivity contribution in [3.05, 3.63) is 59.7 Å². The first-order valence-corrected chi connectivity index (χ1v) is 10.4. The zero-order chi connectivity index (χ0) is 20.4. The third-order valence-electron chi connectivity index (χ3n) is 5.08. The molecule has 0 aromatic heterocycles. The zero-order valence-electron chi connectivity index (χ0n) is 15.4. The molecular formula is C20H22F3NO3S. The molecule has 1 fully saturated rings. The maximum atomic E-state index is 12.8. The Hall–Kier alpha value is -2.06. The number of methoxy groups -OCH3 is 1. The molecule has 0 spiro atoms. The summed E-state index contributed by atoms with van der Waals surface area (Å²) in [5.41, 5.74) is 0.182. The first kappa shape index (κ1) is 20.7. The highest BCUT2D eigenvalue weighted by atomic mass is 32.2. The number of hydrogen-bond donors (Lipinski definition) is 0. The fraction of sp³-hybridized carbons (Fsp3) is 0.400. The van der Waals surface area contributed by atoms with Crippen LogP contribution in [0.2, 0.25) is 0 Å². The van der Waals surface area contributed by atoms with Gasteiger partial charge in [-0.3, -0.25) is 0 Å². The minimum atomic E-state index is -4.33. The summed E-state index contributed by atoms with van der Waals surface area (Å²) < 4.78 is 70.0. The Morgan fingerprint density at radius 1 is 1.00 bits per heavy atom. The van der Waals surface area contributed by atoms with E-state index in [0.717, 1.165) is 17.7 Å². The van der Waals surface area contributed by atoms with E-state index < -0.39 is 21.8 Å². The molecule has 0 atom stereocenters. The van der Waals surface area contributed by atoms with E-state index in [2.05, 4.69) is 0 Å². The molecule has 1 saturated heterocycles. The number of rotatable bonds is 5. The van der Waals surface area contributed by atoms with Crippen molar-refractivity contribution in [3.8, 4) is 5.75 Å². The van der Waals surface area contributed by atoms with Gasteiger partial charge in [0.25, 0.3) is 0 Å². The van der Waals surface area contributed by atoms with Gasteiger partial charge >= 0.3 is 6.18 Å². The van der Waals surface area contributed by atoms with Gasteiger partial charge in [0.15, 0.2) is 0 Å². The average molecular weight is 413 g/mol. The van der Waals surface area contributed by atoms with E-state index in [1.165, 1.54) is 35.7 Å². The topological polar surface area (TPSA) is 46.6 Å². The van der Waals surface area contributed by atoms with Crippen molar-refractivity contribution in [1.29, 1.82) is 0 Å². The van der Waals surface area contributed by atoms with Gasteiger partial charge in [-0.1, -0.05) is 12.1 Å². The maximum Gasteiger partial charge on any atom is 0.416 e. The van der Waals surface area contributed by atoms with E-state index in [1.54, 1.807) is 12.1 Å². The van der Waals surface area contributed by atoms with Crippen LogP contribution in [0.5, 0.6) is 5.75 Å². The van der Waals surface area contributed by atoms with Crippen LogP contribution < -0.4 is 4.74 Å². The first-order valence-electron chi connectivity index (χ1n) is 9.00. The molecule has 1 aliphatic rings. The SMILES string of the molecule is COc1ccc(S(=O)(=O)N2CCC(Cc3ccc(C(F)(F)F)cc3)CC2)cc1. The van der Waals surface area contributed by atoms with Gasteiger partial charge in [0.2, 0.25) is 10.0 Å². The Morgan fingerprint density at radius 2 is 1.57 bits per heavy atom. The predicted octanol–water partition coefficient (Wildman–Crippen LogP) is 4.36. The van der Waals surface area contributed by atoms with E-state index >= 15 is 0 Å². The van der Waals surface area contributed by atoms with Crippen LogP contribution in [-0.2, 0) is 22.6 Å². The van der Waals surface area contributed by atoms with Gasteiger partial charge in [0.1, 0.15) is 5.75 Å². The molecule has 28 heavy (non-hydrogen) atoms. The van der Waals surface area contributed by atoms with Crippen LogP contribution in [0.1, 0.15) is 24.0 Å². The summed E-state index contributed by atoms with van der Waals surface area (Å²) in [4.78, 5) is 0.231. The number of piperidine rings is 1. The molecule has 0 unspecified atom stereocenters. The molecule has 0 amide bonds. The van der Waals surface area contributed by atoms with Crippen LogP contribution in [0.4, 0.5) is 13.2 Å². The normalized spacial score (nSPS) is 16.9. The number of hydrogen-bond acceptors (Lipinski definition) is 3. The summed E-state index contributed by atoms with van der Waals surface area (Å²) in [5.74, 6) is 0.841. The molecule has 0 aliphatic carbocycles. The molecule has 1 aliphatic heterocycles. The number of sulfonamides is 1. The Morgan fingerprint density at radius 3 is 2.07 bits per heavy atom.